The number of carbonyl (C=O) groups is 1. The molecule has 0 saturated carbocycles. The van der Waals surface area contributed by atoms with Crippen LogP contribution in [0.15, 0.2) is 70.4 Å². The average Bonchev–Trinajstić information content (AvgIpc) is 2.80. The van der Waals surface area contributed by atoms with Gasteiger partial charge in [-0.05, 0) is 56.2 Å². The van der Waals surface area contributed by atoms with Gasteiger partial charge in [-0.15, -0.1) is 0 Å². The first-order valence-corrected chi connectivity index (χ1v) is 12.3. The normalized spacial score (nSPS) is 14.9. The molecule has 0 atom stereocenters. The van der Waals surface area contributed by atoms with Gasteiger partial charge in [0.05, 0.1) is 10.6 Å². The van der Waals surface area contributed by atoms with E-state index in [-0.39, 0.29) is 16.6 Å². The summed E-state index contributed by atoms with van der Waals surface area (Å²) in [7, 11) is -3.63. The van der Waals surface area contributed by atoms with E-state index in [1.807, 2.05) is 0 Å². The second kappa shape index (κ2) is 9.46. The zero-order valence-electron chi connectivity index (χ0n) is 17.9. The highest BCUT2D eigenvalue weighted by molar-refractivity contribution is 7.89. The van der Waals surface area contributed by atoms with E-state index in [2.05, 4.69) is 9.82 Å². The van der Waals surface area contributed by atoms with Gasteiger partial charge < -0.3 is 4.90 Å². The SMILES string of the molecule is Cc1cc(=O)c(C(=O)N2CCC(NS(=O)(=O)c3ccccc3)CC2)nn1-c1ccc(Cl)cc1. The number of nitrogens with zero attached hydrogens (tertiary/aromatic N) is 3. The summed E-state index contributed by atoms with van der Waals surface area (Å²) in [4.78, 5) is 27.4. The number of piperidine rings is 1. The molecule has 1 aliphatic heterocycles. The molecule has 1 aliphatic rings. The van der Waals surface area contributed by atoms with Crippen molar-refractivity contribution in [1.82, 2.24) is 19.4 Å². The lowest BCUT2D eigenvalue weighted by molar-refractivity contribution is 0.0702. The van der Waals surface area contributed by atoms with Crippen molar-refractivity contribution in [3.8, 4) is 5.69 Å². The maximum absolute atomic E-state index is 13.1. The number of carbonyl (C=O) groups excluding carboxylic acids is 1. The maximum atomic E-state index is 13.1. The summed E-state index contributed by atoms with van der Waals surface area (Å²) < 4.78 is 29.3. The van der Waals surface area contributed by atoms with E-state index in [4.69, 9.17) is 11.6 Å². The Morgan fingerprint density at radius 3 is 2.33 bits per heavy atom. The molecule has 3 aromatic rings. The minimum atomic E-state index is -3.63. The Balaban J connectivity index is 1.47. The van der Waals surface area contributed by atoms with Gasteiger partial charge in [-0.1, -0.05) is 29.8 Å². The summed E-state index contributed by atoms with van der Waals surface area (Å²) in [6.07, 6.45) is 0.879. The van der Waals surface area contributed by atoms with E-state index >= 15 is 0 Å². The van der Waals surface area contributed by atoms with Crippen LogP contribution < -0.4 is 10.2 Å². The highest BCUT2D eigenvalue weighted by Crippen LogP contribution is 2.17. The molecule has 1 fully saturated rings. The van der Waals surface area contributed by atoms with Crippen LogP contribution in [-0.2, 0) is 10.0 Å². The third-order valence-electron chi connectivity index (χ3n) is 5.54. The van der Waals surface area contributed by atoms with Crippen LogP contribution in [0.4, 0.5) is 0 Å². The Bertz CT molecular complexity index is 1320. The number of likely N-dealkylation sites (tertiary alicyclic amines) is 1. The van der Waals surface area contributed by atoms with Gasteiger partial charge in [-0.3, -0.25) is 9.59 Å². The third-order valence-corrected chi connectivity index (χ3v) is 7.33. The predicted octanol–water partition coefficient (Wildman–Crippen LogP) is 2.78. The zero-order valence-corrected chi connectivity index (χ0v) is 19.5. The molecular weight excluding hydrogens is 464 g/mol. The summed E-state index contributed by atoms with van der Waals surface area (Å²) in [6, 6.07) is 16.2. The standard InChI is InChI=1S/C23H23ClN4O4S/c1-16-15-21(29)22(25-28(16)19-9-7-17(24)8-10-19)23(30)27-13-11-18(12-14-27)26-33(31,32)20-5-3-2-4-6-20/h2-10,15,18,26H,11-14H2,1H3. The molecule has 0 radical (unpaired) electrons. The van der Waals surface area contributed by atoms with Crippen molar-refractivity contribution in [3.05, 3.63) is 87.3 Å². The van der Waals surface area contributed by atoms with Crippen LogP contribution in [0.1, 0.15) is 29.0 Å². The molecule has 10 heteroatoms. The molecule has 1 saturated heterocycles. The van der Waals surface area contributed by atoms with Crippen LogP contribution in [0.5, 0.6) is 0 Å². The van der Waals surface area contributed by atoms with Crippen LogP contribution >= 0.6 is 11.6 Å². The molecule has 172 valence electrons. The fraction of sp³-hybridized carbons (Fsp3) is 0.261. The molecule has 0 aliphatic carbocycles. The Kier molecular flexibility index (Phi) is 6.64. The van der Waals surface area contributed by atoms with Gasteiger partial charge >= 0.3 is 0 Å². The van der Waals surface area contributed by atoms with Crippen molar-refractivity contribution in [3.63, 3.8) is 0 Å². The first-order valence-electron chi connectivity index (χ1n) is 10.5. The van der Waals surface area contributed by atoms with Gasteiger partial charge in [0.2, 0.25) is 15.5 Å². The number of hydrogen-bond donors (Lipinski definition) is 1. The van der Waals surface area contributed by atoms with E-state index in [9.17, 15) is 18.0 Å². The van der Waals surface area contributed by atoms with Crippen molar-refractivity contribution in [2.24, 2.45) is 0 Å². The van der Waals surface area contributed by atoms with Crippen molar-refractivity contribution in [1.29, 1.82) is 0 Å². The Morgan fingerprint density at radius 2 is 1.70 bits per heavy atom. The van der Waals surface area contributed by atoms with Crippen LogP contribution in [0.3, 0.4) is 0 Å². The minimum Gasteiger partial charge on any atom is -0.337 e. The maximum Gasteiger partial charge on any atom is 0.278 e. The zero-order chi connectivity index (χ0) is 23.6. The molecule has 8 nitrogen and oxygen atoms in total. The lowest BCUT2D eigenvalue weighted by Gasteiger charge is -2.32. The van der Waals surface area contributed by atoms with Crippen LogP contribution in [-0.4, -0.2) is 48.1 Å². The van der Waals surface area contributed by atoms with Gasteiger partial charge in [-0.25, -0.2) is 17.8 Å². The fourth-order valence-corrected chi connectivity index (χ4v) is 5.23. The summed E-state index contributed by atoms with van der Waals surface area (Å²) in [5, 5.41) is 4.89. The summed E-state index contributed by atoms with van der Waals surface area (Å²) in [6.45, 7) is 2.37. The molecule has 4 rings (SSSR count). The largest absolute Gasteiger partial charge is 0.337 e. The smallest absolute Gasteiger partial charge is 0.278 e. The van der Waals surface area contributed by atoms with E-state index in [1.165, 1.54) is 22.9 Å². The van der Waals surface area contributed by atoms with E-state index in [1.54, 1.807) is 54.3 Å². The molecule has 0 unspecified atom stereocenters. The number of hydrogen-bond acceptors (Lipinski definition) is 5. The molecular formula is C23H23ClN4O4S. The molecule has 1 amide bonds. The molecule has 2 heterocycles. The summed E-state index contributed by atoms with van der Waals surface area (Å²) in [5.41, 5.74) is 0.654. The Hall–Kier alpha value is -3.01. The van der Waals surface area contributed by atoms with Gasteiger partial charge in [0.15, 0.2) is 5.69 Å². The molecule has 0 bridgehead atoms. The number of aryl methyl sites for hydroxylation is 1. The first kappa shape index (κ1) is 23.2. The highest BCUT2D eigenvalue weighted by Gasteiger charge is 2.29. The minimum absolute atomic E-state index is 0.168. The molecule has 1 N–H and O–H groups in total. The topological polar surface area (TPSA) is 101 Å². The predicted molar refractivity (Wildman–Crippen MR) is 125 cm³/mol. The molecule has 0 spiro atoms. The van der Waals surface area contributed by atoms with Gasteiger partial charge in [0.25, 0.3) is 5.91 Å². The molecule has 33 heavy (non-hydrogen) atoms. The van der Waals surface area contributed by atoms with Gasteiger partial charge in [-0.2, -0.15) is 5.10 Å². The number of aromatic nitrogens is 2. The summed E-state index contributed by atoms with van der Waals surface area (Å²) >= 11 is 5.95. The molecule has 2 aromatic carbocycles. The van der Waals surface area contributed by atoms with Crippen LogP contribution in [0.2, 0.25) is 5.02 Å². The van der Waals surface area contributed by atoms with Crippen molar-refractivity contribution >= 4 is 27.5 Å². The van der Waals surface area contributed by atoms with Crippen molar-refractivity contribution < 1.29 is 13.2 Å². The van der Waals surface area contributed by atoms with Gasteiger partial charge in [0, 0.05) is 35.9 Å². The number of nitrogens with one attached hydrogen (secondary N) is 1. The van der Waals surface area contributed by atoms with E-state index < -0.39 is 21.4 Å². The molecule has 1 aromatic heterocycles. The second-order valence-corrected chi connectivity index (χ2v) is 10.0. The number of halogens is 1. The highest BCUT2D eigenvalue weighted by atomic mass is 35.5. The fourth-order valence-electron chi connectivity index (χ4n) is 3.78. The van der Waals surface area contributed by atoms with E-state index in [0.29, 0.717) is 42.3 Å². The van der Waals surface area contributed by atoms with Crippen molar-refractivity contribution in [2.45, 2.75) is 30.7 Å². The quantitative estimate of drug-likeness (QED) is 0.597. The lowest BCUT2D eigenvalue weighted by Crippen LogP contribution is -2.47. The Morgan fingerprint density at radius 1 is 1.06 bits per heavy atom. The van der Waals surface area contributed by atoms with Crippen LogP contribution in [0, 0.1) is 6.92 Å². The van der Waals surface area contributed by atoms with Gasteiger partial charge in [0.1, 0.15) is 0 Å². The monoisotopic (exact) mass is 486 g/mol. The van der Waals surface area contributed by atoms with Crippen LogP contribution in [0.25, 0.3) is 5.69 Å². The van der Waals surface area contributed by atoms with E-state index in [0.717, 1.165) is 0 Å². The number of amides is 1. The lowest BCUT2D eigenvalue weighted by atomic mass is 10.1. The first-order chi connectivity index (χ1) is 15.7. The Labute approximate surface area is 196 Å². The van der Waals surface area contributed by atoms with Crippen molar-refractivity contribution in [2.75, 3.05) is 13.1 Å². The number of sulfonamides is 1. The average molecular weight is 487 g/mol. The summed E-state index contributed by atoms with van der Waals surface area (Å²) in [5.74, 6) is -0.466. The number of rotatable bonds is 5. The second-order valence-electron chi connectivity index (χ2n) is 7.89. The number of benzene rings is 2. The third kappa shape index (κ3) is 5.16.